The molecule has 0 N–H and O–H groups in total. The molecular weight excluding hydrogens is 334 g/mol. The van der Waals surface area contributed by atoms with E-state index in [4.69, 9.17) is 4.74 Å². The summed E-state index contributed by atoms with van der Waals surface area (Å²) in [6.45, 7) is 1.98. The monoisotopic (exact) mass is 352 g/mol. The van der Waals surface area contributed by atoms with Gasteiger partial charge < -0.3 is 4.74 Å². The van der Waals surface area contributed by atoms with E-state index in [9.17, 15) is 13.6 Å². The molecule has 0 fully saturated rings. The van der Waals surface area contributed by atoms with Crippen LogP contribution in [0.25, 0.3) is 10.8 Å². The molecule has 3 aromatic rings. The van der Waals surface area contributed by atoms with E-state index in [-0.39, 0.29) is 5.75 Å². The van der Waals surface area contributed by atoms with Crippen molar-refractivity contribution >= 4 is 16.7 Å². The molecular formula is C22H18F2O2. The van der Waals surface area contributed by atoms with Crippen LogP contribution in [-0.4, -0.2) is 5.97 Å². The van der Waals surface area contributed by atoms with E-state index >= 15 is 0 Å². The first-order valence-electron chi connectivity index (χ1n) is 8.38. The zero-order valence-electron chi connectivity index (χ0n) is 14.3. The number of esters is 1. The molecule has 0 aliphatic carbocycles. The number of hydrogen-bond acceptors (Lipinski definition) is 2. The molecule has 0 bridgehead atoms. The summed E-state index contributed by atoms with van der Waals surface area (Å²) < 4.78 is 32.0. The first kappa shape index (κ1) is 17.8. The van der Waals surface area contributed by atoms with Crippen LogP contribution in [0.5, 0.6) is 5.75 Å². The molecule has 0 aromatic heterocycles. The average molecular weight is 352 g/mol. The zero-order chi connectivity index (χ0) is 18.5. The molecule has 0 radical (unpaired) electrons. The number of hydrogen-bond donors (Lipinski definition) is 0. The Labute approximate surface area is 150 Å². The number of allylic oxidation sites excluding steroid dienone is 2. The highest BCUT2D eigenvalue weighted by Crippen LogP contribution is 2.24. The summed E-state index contributed by atoms with van der Waals surface area (Å²) in [6, 6.07) is 14.1. The molecule has 2 nitrogen and oxygen atoms in total. The van der Waals surface area contributed by atoms with Crippen LogP contribution >= 0.6 is 0 Å². The Morgan fingerprint density at radius 2 is 1.65 bits per heavy atom. The summed E-state index contributed by atoms with van der Waals surface area (Å²) >= 11 is 0. The van der Waals surface area contributed by atoms with Gasteiger partial charge in [-0.25, -0.2) is 13.6 Å². The zero-order valence-corrected chi connectivity index (χ0v) is 14.3. The van der Waals surface area contributed by atoms with Gasteiger partial charge >= 0.3 is 5.97 Å². The van der Waals surface area contributed by atoms with Gasteiger partial charge in [-0.1, -0.05) is 30.4 Å². The standard InChI is InChI=1S/C22H18F2O2/c1-2-3-4-5-15-6-8-16(9-7-15)22(25)26-19-11-10-17-13-20(23)21(24)14-18(17)12-19/h2-3,6-14H,4-5H2,1H3/b3-2+. The van der Waals surface area contributed by atoms with Gasteiger partial charge in [-0.2, -0.15) is 0 Å². The van der Waals surface area contributed by atoms with Crippen molar-refractivity contribution in [3.8, 4) is 5.75 Å². The van der Waals surface area contributed by atoms with Crippen molar-refractivity contribution < 1.29 is 18.3 Å². The van der Waals surface area contributed by atoms with Crippen molar-refractivity contribution in [2.24, 2.45) is 0 Å². The summed E-state index contributed by atoms with van der Waals surface area (Å²) in [5.74, 6) is -2.05. The Balaban J connectivity index is 1.73. The van der Waals surface area contributed by atoms with Gasteiger partial charge in [-0.05, 0) is 72.5 Å². The first-order valence-corrected chi connectivity index (χ1v) is 8.38. The van der Waals surface area contributed by atoms with Crippen LogP contribution in [-0.2, 0) is 6.42 Å². The first-order chi connectivity index (χ1) is 12.6. The minimum absolute atomic E-state index is 0.283. The predicted molar refractivity (Wildman–Crippen MR) is 98.4 cm³/mol. The Kier molecular flexibility index (Phi) is 5.42. The van der Waals surface area contributed by atoms with Gasteiger partial charge in [-0.15, -0.1) is 0 Å². The molecule has 0 spiro atoms. The topological polar surface area (TPSA) is 26.3 Å². The van der Waals surface area contributed by atoms with Crippen LogP contribution in [0.4, 0.5) is 8.78 Å². The van der Waals surface area contributed by atoms with Crippen molar-refractivity contribution in [1.29, 1.82) is 0 Å². The lowest BCUT2D eigenvalue weighted by Gasteiger charge is -2.07. The highest BCUT2D eigenvalue weighted by molar-refractivity contribution is 5.92. The van der Waals surface area contributed by atoms with E-state index in [1.165, 1.54) is 6.07 Å². The average Bonchev–Trinajstić information content (AvgIpc) is 2.64. The molecule has 4 heteroatoms. The highest BCUT2D eigenvalue weighted by atomic mass is 19.2. The third-order valence-electron chi connectivity index (χ3n) is 4.09. The highest BCUT2D eigenvalue weighted by Gasteiger charge is 2.10. The number of halogens is 2. The van der Waals surface area contributed by atoms with Crippen LogP contribution in [0.2, 0.25) is 0 Å². The molecule has 3 rings (SSSR count). The van der Waals surface area contributed by atoms with Gasteiger partial charge in [0, 0.05) is 0 Å². The molecule has 3 aromatic carbocycles. The van der Waals surface area contributed by atoms with E-state index < -0.39 is 17.6 Å². The van der Waals surface area contributed by atoms with Crippen LogP contribution in [0.3, 0.4) is 0 Å². The second kappa shape index (κ2) is 7.91. The van der Waals surface area contributed by atoms with Crippen LogP contribution in [0, 0.1) is 11.6 Å². The van der Waals surface area contributed by atoms with E-state index in [2.05, 4.69) is 6.08 Å². The van der Waals surface area contributed by atoms with E-state index in [0.717, 1.165) is 30.5 Å². The second-order valence-electron chi connectivity index (χ2n) is 5.97. The fourth-order valence-electron chi connectivity index (χ4n) is 2.67. The number of rotatable bonds is 5. The predicted octanol–water partition coefficient (Wildman–Crippen LogP) is 5.85. The van der Waals surface area contributed by atoms with Gasteiger partial charge in [-0.3, -0.25) is 0 Å². The van der Waals surface area contributed by atoms with Gasteiger partial charge in [0.15, 0.2) is 11.6 Å². The molecule has 0 atom stereocenters. The fourth-order valence-corrected chi connectivity index (χ4v) is 2.67. The summed E-state index contributed by atoms with van der Waals surface area (Å²) in [6.07, 6.45) is 5.97. The van der Waals surface area contributed by atoms with E-state index in [0.29, 0.717) is 16.3 Å². The molecule has 26 heavy (non-hydrogen) atoms. The summed E-state index contributed by atoms with van der Waals surface area (Å²) in [4.78, 5) is 12.3. The molecule has 0 unspecified atom stereocenters. The number of ether oxygens (including phenoxy) is 1. The van der Waals surface area contributed by atoms with Gasteiger partial charge in [0.2, 0.25) is 0 Å². The van der Waals surface area contributed by atoms with Crippen molar-refractivity contribution in [3.05, 3.63) is 89.5 Å². The van der Waals surface area contributed by atoms with Gasteiger partial charge in [0.05, 0.1) is 5.56 Å². The van der Waals surface area contributed by atoms with Crippen LogP contribution < -0.4 is 4.74 Å². The summed E-state index contributed by atoms with van der Waals surface area (Å²) in [5.41, 5.74) is 1.58. The summed E-state index contributed by atoms with van der Waals surface area (Å²) in [5, 5.41) is 1.00. The van der Waals surface area contributed by atoms with Gasteiger partial charge in [0.1, 0.15) is 5.75 Å². The second-order valence-corrected chi connectivity index (χ2v) is 5.97. The molecule has 0 heterocycles. The van der Waals surface area contributed by atoms with Crippen molar-refractivity contribution in [2.45, 2.75) is 19.8 Å². The lowest BCUT2D eigenvalue weighted by atomic mass is 10.1. The number of aryl methyl sites for hydroxylation is 1. The molecule has 0 saturated heterocycles. The Bertz CT molecular complexity index is 960. The molecule has 0 aliphatic rings. The Morgan fingerprint density at radius 3 is 2.35 bits per heavy atom. The minimum atomic E-state index is -0.936. The third-order valence-corrected chi connectivity index (χ3v) is 4.09. The number of benzene rings is 3. The number of fused-ring (bicyclic) bond motifs is 1. The van der Waals surface area contributed by atoms with E-state index in [1.807, 2.05) is 25.1 Å². The van der Waals surface area contributed by atoms with Crippen LogP contribution in [0.1, 0.15) is 29.3 Å². The third kappa shape index (κ3) is 4.14. The maximum atomic E-state index is 13.4. The smallest absolute Gasteiger partial charge is 0.343 e. The van der Waals surface area contributed by atoms with Crippen molar-refractivity contribution in [3.63, 3.8) is 0 Å². The van der Waals surface area contributed by atoms with Crippen molar-refractivity contribution in [1.82, 2.24) is 0 Å². The van der Waals surface area contributed by atoms with Gasteiger partial charge in [0.25, 0.3) is 0 Å². The Morgan fingerprint density at radius 1 is 0.962 bits per heavy atom. The lowest BCUT2D eigenvalue weighted by Crippen LogP contribution is -2.08. The maximum Gasteiger partial charge on any atom is 0.343 e. The maximum absolute atomic E-state index is 13.4. The minimum Gasteiger partial charge on any atom is -0.423 e. The molecule has 0 aliphatic heterocycles. The fraction of sp³-hybridized carbons (Fsp3) is 0.136. The quantitative estimate of drug-likeness (QED) is 0.327. The lowest BCUT2D eigenvalue weighted by molar-refractivity contribution is 0.0735. The van der Waals surface area contributed by atoms with E-state index in [1.54, 1.807) is 24.3 Å². The molecule has 0 saturated carbocycles. The van der Waals surface area contributed by atoms with Crippen molar-refractivity contribution in [2.75, 3.05) is 0 Å². The normalized spacial score (nSPS) is 11.2. The summed E-state index contributed by atoms with van der Waals surface area (Å²) in [7, 11) is 0. The largest absolute Gasteiger partial charge is 0.423 e. The molecule has 0 amide bonds. The number of carbonyl (C=O) groups excluding carboxylic acids is 1. The molecule has 132 valence electrons. The van der Waals surface area contributed by atoms with Crippen LogP contribution in [0.15, 0.2) is 66.7 Å². The number of carbonyl (C=O) groups is 1. The Hall–Kier alpha value is -3.01. The SMILES string of the molecule is C/C=C/CCc1ccc(C(=O)Oc2ccc3cc(F)c(F)cc3c2)cc1.